The molecule has 0 saturated heterocycles. The molecule has 0 aliphatic heterocycles. The SMILES string of the molecule is C[C@H](c1nc2ccccc2s1)N(C)CC(=O)Nc1cc(Cl)ccc1Cl. The molecule has 0 radical (unpaired) electrons. The number of aromatic nitrogens is 1. The van der Waals surface area contributed by atoms with Crippen molar-refractivity contribution in [1.29, 1.82) is 0 Å². The first-order chi connectivity index (χ1) is 11.9. The third kappa shape index (κ3) is 4.30. The molecule has 0 unspecified atom stereocenters. The fourth-order valence-electron chi connectivity index (χ4n) is 2.40. The van der Waals surface area contributed by atoms with Crippen LogP contribution in [0.25, 0.3) is 10.2 Å². The molecule has 3 rings (SSSR count). The first-order valence-electron chi connectivity index (χ1n) is 7.74. The molecule has 0 spiro atoms. The number of rotatable bonds is 5. The van der Waals surface area contributed by atoms with Crippen LogP contribution in [0, 0.1) is 0 Å². The van der Waals surface area contributed by atoms with Crippen LogP contribution in [-0.2, 0) is 4.79 Å². The Morgan fingerprint density at radius 2 is 2.04 bits per heavy atom. The highest BCUT2D eigenvalue weighted by atomic mass is 35.5. The fourth-order valence-corrected chi connectivity index (χ4v) is 3.83. The lowest BCUT2D eigenvalue weighted by Crippen LogP contribution is -2.32. The van der Waals surface area contributed by atoms with Gasteiger partial charge in [-0.2, -0.15) is 0 Å². The number of fused-ring (bicyclic) bond motifs is 1. The molecule has 1 amide bonds. The lowest BCUT2D eigenvalue weighted by Gasteiger charge is -2.22. The highest BCUT2D eigenvalue weighted by Crippen LogP contribution is 2.29. The Hall–Kier alpha value is -1.66. The number of benzene rings is 2. The number of nitrogens with one attached hydrogen (secondary N) is 1. The lowest BCUT2D eigenvalue weighted by molar-refractivity contribution is -0.117. The van der Waals surface area contributed by atoms with Gasteiger partial charge in [-0.3, -0.25) is 9.69 Å². The minimum Gasteiger partial charge on any atom is -0.324 e. The summed E-state index contributed by atoms with van der Waals surface area (Å²) in [5.74, 6) is -0.153. The largest absolute Gasteiger partial charge is 0.324 e. The van der Waals surface area contributed by atoms with Gasteiger partial charge in [-0.05, 0) is 44.3 Å². The molecule has 4 nitrogen and oxygen atoms in total. The molecule has 0 saturated carbocycles. The number of halogens is 2. The van der Waals surface area contributed by atoms with Crippen LogP contribution in [0.3, 0.4) is 0 Å². The maximum atomic E-state index is 12.3. The molecule has 0 aliphatic carbocycles. The van der Waals surface area contributed by atoms with Crippen molar-refractivity contribution in [2.45, 2.75) is 13.0 Å². The predicted octanol–water partition coefficient (Wildman–Crippen LogP) is 5.23. The normalized spacial score (nSPS) is 12.5. The molecule has 1 heterocycles. The second-order valence-electron chi connectivity index (χ2n) is 5.78. The monoisotopic (exact) mass is 393 g/mol. The molecule has 1 aromatic heterocycles. The van der Waals surface area contributed by atoms with Crippen LogP contribution in [0.4, 0.5) is 5.69 Å². The maximum Gasteiger partial charge on any atom is 0.238 e. The Bertz CT molecular complexity index is 879. The maximum absolute atomic E-state index is 12.3. The number of nitrogens with zero attached hydrogens (tertiary/aromatic N) is 2. The molecule has 0 aliphatic rings. The average molecular weight is 394 g/mol. The molecule has 3 aromatic rings. The molecule has 1 atom stereocenters. The number of thiazole rings is 1. The van der Waals surface area contributed by atoms with E-state index in [2.05, 4.69) is 16.4 Å². The number of carbonyl (C=O) groups is 1. The summed E-state index contributed by atoms with van der Waals surface area (Å²) < 4.78 is 1.15. The number of anilines is 1. The third-order valence-corrected chi connectivity index (χ3v) is 5.70. The highest BCUT2D eigenvalue weighted by molar-refractivity contribution is 7.18. The molecule has 0 fully saturated rings. The van der Waals surface area contributed by atoms with Gasteiger partial charge >= 0.3 is 0 Å². The van der Waals surface area contributed by atoms with Crippen LogP contribution in [-0.4, -0.2) is 29.4 Å². The Labute approximate surface area is 160 Å². The highest BCUT2D eigenvalue weighted by Gasteiger charge is 2.19. The molecular weight excluding hydrogens is 377 g/mol. The number of likely N-dealkylation sites (N-methyl/N-ethyl adjacent to an activating group) is 1. The fraction of sp³-hybridized carbons (Fsp3) is 0.222. The molecule has 2 aromatic carbocycles. The van der Waals surface area contributed by atoms with Crippen molar-refractivity contribution < 1.29 is 4.79 Å². The van der Waals surface area contributed by atoms with Gasteiger partial charge in [-0.15, -0.1) is 11.3 Å². The minimum atomic E-state index is -0.153. The summed E-state index contributed by atoms with van der Waals surface area (Å²) >= 11 is 13.7. The summed E-state index contributed by atoms with van der Waals surface area (Å²) in [4.78, 5) is 18.9. The van der Waals surface area contributed by atoms with Crippen LogP contribution < -0.4 is 5.32 Å². The van der Waals surface area contributed by atoms with Crippen LogP contribution in [0.5, 0.6) is 0 Å². The van der Waals surface area contributed by atoms with E-state index in [0.29, 0.717) is 15.7 Å². The summed E-state index contributed by atoms with van der Waals surface area (Å²) in [6.45, 7) is 2.26. The summed E-state index contributed by atoms with van der Waals surface area (Å²) in [7, 11) is 1.90. The van der Waals surface area contributed by atoms with Gasteiger partial charge in [0.25, 0.3) is 0 Å². The summed E-state index contributed by atoms with van der Waals surface area (Å²) in [5.41, 5.74) is 1.50. The number of para-hydroxylation sites is 1. The molecular formula is C18H17Cl2N3OS. The second-order valence-corrected chi connectivity index (χ2v) is 7.69. The van der Waals surface area contributed by atoms with Gasteiger partial charge in [0, 0.05) is 5.02 Å². The molecule has 7 heteroatoms. The van der Waals surface area contributed by atoms with Gasteiger partial charge in [0.05, 0.1) is 33.5 Å². The Balaban J connectivity index is 1.67. The number of carbonyl (C=O) groups excluding carboxylic acids is 1. The van der Waals surface area contributed by atoms with E-state index in [1.54, 1.807) is 29.5 Å². The van der Waals surface area contributed by atoms with Gasteiger partial charge in [-0.1, -0.05) is 35.3 Å². The zero-order chi connectivity index (χ0) is 18.0. The van der Waals surface area contributed by atoms with E-state index < -0.39 is 0 Å². The van der Waals surface area contributed by atoms with E-state index in [9.17, 15) is 4.79 Å². The van der Waals surface area contributed by atoms with Crippen LogP contribution >= 0.6 is 34.5 Å². The third-order valence-electron chi connectivity index (χ3n) is 3.92. The lowest BCUT2D eigenvalue weighted by atomic mass is 10.3. The second kappa shape index (κ2) is 7.70. The molecule has 130 valence electrons. The van der Waals surface area contributed by atoms with E-state index in [4.69, 9.17) is 23.2 Å². The molecule has 0 bridgehead atoms. The van der Waals surface area contributed by atoms with Crippen molar-refractivity contribution >= 4 is 56.3 Å². The van der Waals surface area contributed by atoms with Gasteiger partial charge in [0.15, 0.2) is 0 Å². The van der Waals surface area contributed by atoms with Gasteiger partial charge < -0.3 is 5.32 Å². The average Bonchev–Trinajstić information content (AvgIpc) is 3.01. The zero-order valence-corrected chi connectivity index (χ0v) is 16.1. The van der Waals surface area contributed by atoms with E-state index in [0.717, 1.165) is 15.2 Å². The van der Waals surface area contributed by atoms with Crippen LogP contribution in [0.15, 0.2) is 42.5 Å². The van der Waals surface area contributed by atoms with Crippen LogP contribution in [0.2, 0.25) is 10.0 Å². The van der Waals surface area contributed by atoms with Gasteiger partial charge in [0.1, 0.15) is 5.01 Å². The molecule has 1 N–H and O–H groups in total. The van der Waals surface area contributed by atoms with Crippen molar-refractivity contribution in [3.8, 4) is 0 Å². The quantitative estimate of drug-likeness (QED) is 0.644. The Morgan fingerprint density at radius 1 is 1.28 bits per heavy atom. The van der Waals surface area contributed by atoms with Crippen molar-refractivity contribution in [3.63, 3.8) is 0 Å². The predicted molar refractivity (Wildman–Crippen MR) is 106 cm³/mol. The first-order valence-corrected chi connectivity index (χ1v) is 9.32. The van der Waals surface area contributed by atoms with E-state index >= 15 is 0 Å². The Morgan fingerprint density at radius 3 is 2.80 bits per heavy atom. The van der Waals surface area contributed by atoms with E-state index in [-0.39, 0.29) is 18.5 Å². The standard InChI is InChI=1S/C18H17Cl2N3OS/c1-11(18-22-14-5-3-4-6-16(14)25-18)23(2)10-17(24)21-15-9-12(19)7-8-13(15)20/h3-9,11H,10H2,1-2H3,(H,21,24)/t11-/m1/s1. The first kappa shape index (κ1) is 18.1. The van der Waals surface area contributed by atoms with Gasteiger partial charge in [-0.25, -0.2) is 4.98 Å². The van der Waals surface area contributed by atoms with E-state index in [1.807, 2.05) is 37.1 Å². The van der Waals surface area contributed by atoms with Crippen LogP contribution in [0.1, 0.15) is 18.0 Å². The number of hydrogen-bond acceptors (Lipinski definition) is 4. The van der Waals surface area contributed by atoms with Crippen molar-refractivity contribution in [1.82, 2.24) is 9.88 Å². The topological polar surface area (TPSA) is 45.2 Å². The van der Waals surface area contributed by atoms with E-state index in [1.165, 1.54) is 0 Å². The number of amides is 1. The smallest absolute Gasteiger partial charge is 0.238 e. The summed E-state index contributed by atoms with van der Waals surface area (Å²) in [6.07, 6.45) is 0. The summed E-state index contributed by atoms with van der Waals surface area (Å²) in [6, 6.07) is 13.0. The number of hydrogen-bond donors (Lipinski definition) is 1. The van der Waals surface area contributed by atoms with Crippen molar-refractivity contribution in [3.05, 3.63) is 57.5 Å². The zero-order valence-electron chi connectivity index (χ0n) is 13.8. The molecule has 25 heavy (non-hydrogen) atoms. The summed E-state index contributed by atoms with van der Waals surface area (Å²) in [5, 5.41) is 4.77. The van der Waals surface area contributed by atoms with Crippen molar-refractivity contribution in [2.75, 3.05) is 18.9 Å². The Kier molecular flexibility index (Phi) is 5.59. The van der Waals surface area contributed by atoms with Crippen molar-refractivity contribution in [2.24, 2.45) is 0 Å². The van der Waals surface area contributed by atoms with Gasteiger partial charge in [0.2, 0.25) is 5.91 Å². The minimum absolute atomic E-state index is 0.0259.